The molecule has 2 heterocycles. The van der Waals surface area contributed by atoms with Gasteiger partial charge in [0.15, 0.2) is 16.3 Å². The summed E-state index contributed by atoms with van der Waals surface area (Å²) >= 11 is 7.96. The van der Waals surface area contributed by atoms with Gasteiger partial charge in [0.2, 0.25) is 0 Å². The van der Waals surface area contributed by atoms with E-state index >= 15 is 0 Å². The molecule has 0 fully saturated rings. The van der Waals surface area contributed by atoms with Crippen LogP contribution < -0.4 is 24.4 Å². The van der Waals surface area contributed by atoms with Crippen molar-refractivity contribution in [3.05, 3.63) is 125 Å². The molecule has 1 aromatic heterocycles. The van der Waals surface area contributed by atoms with E-state index in [4.69, 9.17) is 30.8 Å². The number of methoxy groups -OCH3 is 1. The van der Waals surface area contributed by atoms with Crippen molar-refractivity contribution < 1.29 is 19.0 Å². The molecule has 1 aliphatic heterocycles. The third kappa shape index (κ3) is 5.91. The highest BCUT2D eigenvalue weighted by Gasteiger charge is 2.33. The van der Waals surface area contributed by atoms with Crippen molar-refractivity contribution in [3.8, 4) is 11.5 Å². The Morgan fingerprint density at radius 3 is 2.48 bits per heavy atom. The minimum atomic E-state index is -0.660. The Bertz CT molecular complexity index is 1830. The molecule has 0 N–H and O–H groups in total. The van der Waals surface area contributed by atoms with E-state index < -0.39 is 12.0 Å². The van der Waals surface area contributed by atoms with Gasteiger partial charge in [-0.15, -0.1) is 0 Å². The maximum atomic E-state index is 13.9. The standard InChI is InChI=1S/C33H31ClN2O5S/c1-5-25-28(32(38)39-4)29(23-10-8-7-9-11-23)36-31(37)27(42-33(36)35-25)18-22-16-24(34)30(26(17-22)40-6-2)41-19-21-14-12-20(3)13-15-21/h7-18,29H,5-6,19H2,1-4H3/b27-18-/t29-/m0/s1. The lowest BCUT2D eigenvalue weighted by Gasteiger charge is -2.25. The molecule has 42 heavy (non-hydrogen) atoms. The van der Waals surface area contributed by atoms with Gasteiger partial charge in [-0.2, -0.15) is 0 Å². The molecule has 0 spiro atoms. The molecule has 1 atom stereocenters. The van der Waals surface area contributed by atoms with Crippen LogP contribution in [0.2, 0.25) is 5.02 Å². The number of rotatable bonds is 9. The van der Waals surface area contributed by atoms with Gasteiger partial charge in [-0.25, -0.2) is 9.79 Å². The minimum Gasteiger partial charge on any atom is -0.490 e. The molecule has 216 valence electrons. The van der Waals surface area contributed by atoms with Crippen LogP contribution in [0.5, 0.6) is 11.5 Å². The van der Waals surface area contributed by atoms with Gasteiger partial charge < -0.3 is 14.2 Å². The lowest BCUT2D eigenvalue weighted by atomic mass is 9.95. The minimum absolute atomic E-state index is 0.266. The van der Waals surface area contributed by atoms with E-state index in [1.807, 2.05) is 81.4 Å². The zero-order valence-corrected chi connectivity index (χ0v) is 25.4. The Hall–Kier alpha value is -4.14. The van der Waals surface area contributed by atoms with E-state index in [1.165, 1.54) is 24.0 Å². The number of aryl methyl sites for hydroxylation is 1. The summed E-state index contributed by atoms with van der Waals surface area (Å²) in [6.07, 6.45) is 2.27. The molecule has 0 saturated heterocycles. The Labute approximate surface area is 253 Å². The number of halogens is 1. The van der Waals surface area contributed by atoms with Crippen LogP contribution in [0.4, 0.5) is 0 Å². The van der Waals surface area contributed by atoms with Crippen LogP contribution in [0.3, 0.4) is 0 Å². The van der Waals surface area contributed by atoms with Gasteiger partial charge in [-0.3, -0.25) is 9.36 Å². The highest BCUT2D eigenvalue weighted by atomic mass is 35.5. The zero-order valence-electron chi connectivity index (χ0n) is 23.8. The molecule has 0 radical (unpaired) electrons. The van der Waals surface area contributed by atoms with Crippen molar-refractivity contribution in [1.29, 1.82) is 0 Å². The fourth-order valence-electron chi connectivity index (χ4n) is 4.88. The highest BCUT2D eigenvalue weighted by Crippen LogP contribution is 2.37. The second-order valence-electron chi connectivity index (χ2n) is 9.74. The number of benzene rings is 3. The summed E-state index contributed by atoms with van der Waals surface area (Å²) in [5, 5.41) is 0.371. The van der Waals surface area contributed by atoms with Gasteiger partial charge >= 0.3 is 5.97 Å². The van der Waals surface area contributed by atoms with Gasteiger partial charge in [-0.1, -0.05) is 90.0 Å². The molecule has 0 unspecified atom stereocenters. The molecule has 0 aliphatic carbocycles. The number of esters is 1. The average Bonchev–Trinajstić information content (AvgIpc) is 3.30. The number of aromatic nitrogens is 1. The Kier molecular flexibility index (Phi) is 8.94. The van der Waals surface area contributed by atoms with E-state index in [0.717, 1.165) is 11.1 Å². The fraction of sp³-hybridized carbons (Fsp3) is 0.242. The van der Waals surface area contributed by atoms with Crippen LogP contribution in [0.1, 0.15) is 48.6 Å². The Balaban J connectivity index is 1.59. The molecule has 0 amide bonds. The first-order valence-electron chi connectivity index (χ1n) is 13.7. The van der Waals surface area contributed by atoms with Crippen LogP contribution in [-0.2, 0) is 16.1 Å². The van der Waals surface area contributed by atoms with Gasteiger partial charge in [0.1, 0.15) is 6.61 Å². The molecule has 7 nitrogen and oxygen atoms in total. The molecular formula is C33H31ClN2O5S. The number of carbonyl (C=O) groups is 1. The van der Waals surface area contributed by atoms with Crippen molar-refractivity contribution in [2.45, 2.75) is 39.8 Å². The zero-order chi connectivity index (χ0) is 29.8. The fourth-order valence-corrected chi connectivity index (χ4v) is 6.17. The van der Waals surface area contributed by atoms with Crippen LogP contribution in [-0.4, -0.2) is 24.3 Å². The quantitative estimate of drug-likeness (QED) is 0.228. The van der Waals surface area contributed by atoms with Crippen LogP contribution in [0.25, 0.3) is 6.08 Å². The van der Waals surface area contributed by atoms with Gasteiger partial charge in [0.05, 0.1) is 40.6 Å². The number of fused-ring (bicyclic) bond motifs is 1. The first-order chi connectivity index (χ1) is 20.3. The average molecular weight is 603 g/mol. The third-order valence-corrected chi connectivity index (χ3v) is 8.16. The number of hydrogen-bond donors (Lipinski definition) is 0. The summed E-state index contributed by atoms with van der Waals surface area (Å²) in [7, 11) is 1.34. The summed E-state index contributed by atoms with van der Waals surface area (Å²) < 4.78 is 19.1. The summed E-state index contributed by atoms with van der Waals surface area (Å²) in [4.78, 5) is 32.1. The van der Waals surface area contributed by atoms with Gasteiger partial charge in [-0.05, 0) is 55.2 Å². The van der Waals surface area contributed by atoms with E-state index in [1.54, 1.807) is 16.7 Å². The second-order valence-corrected chi connectivity index (χ2v) is 11.2. The SMILES string of the molecule is CCOc1cc(/C=c2\sc3n(c2=O)[C@@H](c2ccccc2)C(C(=O)OC)=C(CC)N=3)cc(Cl)c1OCc1ccc(C)cc1. The van der Waals surface area contributed by atoms with Crippen molar-refractivity contribution in [2.24, 2.45) is 4.99 Å². The Morgan fingerprint density at radius 1 is 1.07 bits per heavy atom. The van der Waals surface area contributed by atoms with E-state index in [9.17, 15) is 9.59 Å². The predicted octanol–water partition coefficient (Wildman–Crippen LogP) is 5.74. The number of thiazole rings is 1. The number of allylic oxidation sites excluding steroid dienone is 1. The van der Waals surface area contributed by atoms with Gasteiger partial charge in [0, 0.05) is 0 Å². The maximum Gasteiger partial charge on any atom is 0.338 e. The number of ether oxygens (including phenoxy) is 3. The van der Waals surface area contributed by atoms with E-state index in [2.05, 4.69) is 0 Å². The second kappa shape index (κ2) is 12.8. The molecule has 1 aliphatic rings. The smallest absolute Gasteiger partial charge is 0.338 e. The van der Waals surface area contributed by atoms with Crippen molar-refractivity contribution in [3.63, 3.8) is 0 Å². The monoisotopic (exact) mass is 602 g/mol. The molecule has 0 bridgehead atoms. The third-order valence-electron chi connectivity index (χ3n) is 6.90. The predicted molar refractivity (Wildman–Crippen MR) is 165 cm³/mol. The molecule has 0 saturated carbocycles. The summed E-state index contributed by atoms with van der Waals surface area (Å²) in [5.41, 5.74) is 4.35. The lowest BCUT2D eigenvalue weighted by Crippen LogP contribution is -2.40. The largest absolute Gasteiger partial charge is 0.490 e. The lowest BCUT2D eigenvalue weighted by molar-refractivity contribution is -0.136. The summed E-state index contributed by atoms with van der Waals surface area (Å²) in [6, 6.07) is 20.4. The Morgan fingerprint density at radius 2 is 1.81 bits per heavy atom. The maximum absolute atomic E-state index is 13.9. The van der Waals surface area contributed by atoms with E-state index in [0.29, 0.717) is 62.3 Å². The van der Waals surface area contributed by atoms with Crippen molar-refractivity contribution in [1.82, 2.24) is 4.57 Å². The first-order valence-corrected chi connectivity index (χ1v) is 14.9. The molecular weight excluding hydrogens is 572 g/mol. The van der Waals surface area contributed by atoms with Crippen molar-refractivity contribution >= 4 is 35.0 Å². The van der Waals surface area contributed by atoms with E-state index in [-0.39, 0.29) is 5.56 Å². The van der Waals surface area contributed by atoms with Crippen LogP contribution >= 0.6 is 22.9 Å². The molecule has 5 rings (SSSR count). The number of nitrogens with zero attached hydrogens (tertiary/aromatic N) is 2. The molecule has 9 heteroatoms. The highest BCUT2D eigenvalue weighted by molar-refractivity contribution is 7.07. The summed E-state index contributed by atoms with van der Waals surface area (Å²) in [6.45, 7) is 6.59. The topological polar surface area (TPSA) is 79.1 Å². The first kappa shape index (κ1) is 29.4. The summed E-state index contributed by atoms with van der Waals surface area (Å²) in [5.74, 6) is 0.421. The molecule has 3 aromatic carbocycles. The van der Waals surface area contributed by atoms with Crippen LogP contribution in [0, 0.1) is 6.92 Å². The number of carbonyl (C=O) groups excluding carboxylic acids is 1. The normalized spacial score (nSPS) is 14.8. The van der Waals surface area contributed by atoms with Gasteiger partial charge in [0.25, 0.3) is 5.56 Å². The van der Waals surface area contributed by atoms with Crippen molar-refractivity contribution in [2.75, 3.05) is 13.7 Å². The number of hydrogen-bond acceptors (Lipinski definition) is 7. The molecule has 4 aromatic rings. The van der Waals surface area contributed by atoms with Crippen LogP contribution in [0.15, 0.2) is 87.8 Å².